The van der Waals surface area contributed by atoms with Crippen LogP contribution in [-0.2, 0) is 4.79 Å². The first-order valence-electron chi connectivity index (χ1n) is 5.85. The van der Waals surface area contributed by atoms with Crippen molar-refractivity contribution in [2.75, 3.05) is 18.5 Å². The van der Waals surface area contributed by atoms with Gasteiger partial charge in [-0.3, -0.25) is 4.79 Å². The summed E-state index contributed by atoms with van der Waals surface area (Å²) in [6.45, 7) is 0.694. The van der Waals surface area contributed by atoms with Gasteiger partial charge in [-0.1, -0.05) is 11.6 Å². The Bertz CT molecular complexity index is 509. The molecule has 1 aromatic rings. The third-order valence-electron chi connectivity index (χ3n) is 3.17. The maximum atomic E-state index is 12.2. The Morgan fingerprint density at radius 1 is 1.56 bits per heavy atom. The lowest BCUT2D eigenvalue weighted by atomic mass is 10.0. The molecular weight excluding hydrogens is 250 g/mol. The maximum absolute atomic E-state index is 12.2. The Balaban J connectivity index is 2.28. The SMILES string of the molecule is CNC1CCCN(c2ccc(C#N)c(Cl)c2)C1=O. The summed E-state index contributed by atoms with van der Waals surface area (Å²) in [5, 5.41) is 12.2. The smallest absolute Gasteiger partial charge is 0.244 e. The fourth-order valence-electron chi connectivity index (χ4n) is 2.16. The van der Waals surface area contributed by atoms with E-state index < -0.39 is 0 Å². The number of halogens is 1. The van der Waals surface area contributed by atoms with Gasteiger partial charge in [0.15, 0.2) is 0 Å². The van der Waals surface area contributed by atoms with E-state index in [9.17, 15) is 4.79 Å². The highest BCUT2D eigenvalue weighted by molar-refractivity contribution is 6.32. The lowest BCUT2D eigenvalue weighted by Gasteiger charge is -2.32. The Kier molecular flexibility index (Phi) is 3.85. The van der Waals surface area contributed by atoms with Crippen molar-refractivity contribution < 1.29 is 4.79 Å². The van der Waals surface area contributed by atoms with E-state index in [1.54, 1.807) is 30.1 Å². The monoisotopic (exact) mass is 263 g/mol. The van der Waals surface area contributed by atoms with Crippen molar-refractivity contribution in [2.45, 2.75) is 18.9 Å². The van der Waals surface area contributed by atoms with E-state index in [2.05, 4.69) is 5.32 Å². The van der Waals surface area contributed by atoms with Crippen molar-refractivity contribution in [3.63, 3.8) is 0 Å². The van der Waals surface area contributed by atoms with Crippen LogP contribution in [0.4, 0.5) is 5.69 Å². The van der Waals surface area contributed by atoms with E-state index >= 15 is 0 Å². The average Bonchev–Trinajstić information content (AvgIpc) is 2.39. The van der Waals surface area contributed by atoms with Gasteiger partial charge in [0.25, 0.3) is 0 Å². The molecule has 0 aromatic heterocycles. The van der Waals surface area contributed by atoms with Crippen molar-refractivity contribution in [3.05, 3.63) is 28.8 Å². The van der Waals surface area contributed by atoms with Crippen LogP contribution in [0.1, 0.15) is 18.4 Å². The molecule has 0 radical (unpaired) electrons. The van der Waals surface area contributed by atoms with Crippen molar-refractivity contribution in [2.24, 2.45) is 0 Å². The van der Waals surface area contributed by atoms with Crippen LogP contribution in [-0.4, -0.2) is 25.5 Å². The summed E-state index contributed by atoms with van der Waals surface area (Å²) in [6, 6.07) is 6.97. The van der Waals surface area contributed by atoms with Crippen LogP contribution in [0.15, 0.2) is 18.2 Å². The van der Waals surface area contributed by atoms with Gasteiger partial charge in [-0.05, 0) is 38.1 Å². The molecule has 1 aliphatic rings. The number of rotatable bonds is 2. The second-order valence-electron chi connectivity index (χ2n) is 4.25. The van der Waals surface area contributed by atoms with E-state index in [0.29, 0.717) is 17.1 Å². The topological polar surface area (TPSA) is 56.1 Å². The zero-order valence-electron chi connectivity index (χ0n) is 10.1. The minimum atomic E-state index is -0.131. The van der Waals surface area contributed by atoms with E-state index in [0.717, 1.165) is 18.5 Å². The van der Waals surface area contributed by atoms with Gasteiger partial charge in [0, 0.05) is 12.2 Å². The van der Waals surface area contributed by atoms with Crippen LogP contribution >= 0.6 is 11.6 Å². The van der Waals surface area contributed by atoms with Crippen molar-refractivity contribution in [1.82, 2.24) is 5.32 Å². The summed E-state index contributed by atoms with van der Waals surface area (Å²) in [7, 11) is 1.79. The third-order valence-corrected chi connectivity index (χ3v) is 3.48. The molecule has 18 heavy (non-hydrogen) atoms. The fourth-order valence-corrected chi connectivity index (χ4v) is 2.38. The molecule has 0 bridgehead atoms. The first kappa shape index (κ1) is 12.9. The number of hydrogen-bond acceptors (Lipinski definition) is 3. The molecule has 0 spiro atoms. The van der Waals surface area contributed by atoms with Crippen molar-refractivity contribution >= 4 is 23.2 Å². The highest BCUT2D eigenvalue weighted by Crippen LogP contribution is 2.26. The minimum Gasteiger partial charge on any atom is -0.311 e. The predicted molar refractivity (Wildman–Crippen MR) is 70.6 cm³/mol. The van der Waals surface area contributed by atoms with Crippen LogP contribution in [0, 0.1) is 11.3 Å². The lowest BCUT2D eigenvalue weighted by Crippen LogP contribution is -2.49. The molecule has 1 unspecified atom stereocenters. The second-order valence-corrected chi connectivity index (χ2v) is 4.66. The highest BCUT2D eigenvalue weighted by Gasteiger charge is 2.28. The lowest BCUT2D eigenvalue weighted by molar-refractivity contribution is -0.121. The van der Waals surface area contributed by atoms with E-state index in [1.807, 2.05) is 6.07 Å². The first-order valence-corrected chi connectivity index (χ1v) is 6.23. The zero-order chi connectivity index (χ0) is 13.1. The van der Waals surface area contributed by atoms with Crippen LogP contribution in [0.2, 0.25) is 5.02 Å². The molecule has 1 saturated heterocycles. The molecule has 1 aromatic carbocycles. The van der Waals surface area contributed by atoms with Gasteiger partial charge >= 0.3 is 0 Å². The van der Waals surface area contributed by atoms with Gasteiger partial charge in [-0.15, -0.1) is 0 Å². The number of benzene rings is 1. The number of hydrogen-bond donors (Lipinski definition) is 1. The van der Waals surface area contributed by atoms with Gasteiger partial charge in [0.2, 0.25) is 5.91 Å². The molecule has 2 rings (SSSR count). The first-order chi connectivity index (χ1) is 8.67. The summed E-state index contributed by atoms with van der Waals surface area (Å²) in [5.41, 5.74) is 1.18. The molecule has 1 amide bonds. The van der Waals surface area contributed by atoms with Gasteiger partial charge < -0.3 is 10.2 Å². The second kappa shape index (κ2) is 5.38. The molecule has 0 saturated carbocycles. The Morgan fingerprint density at radius 2 is 2.33 bits per heavy atom. The quantitative estimate of drug-likeness (QED) is 0.887. The number of carbonyl (C=O) groups excluding carboxylic acids is 1. The molecule has 1 aliphatic heterocycles. The summed E-state index contributed by atoms with van der Waals surface area (Å²) < 4.78 is 0. The number of nitriles is 1. The van der Waals surface area contributed by atoms with Crippen LogP contribution in [0.25, 0.3) is 0 Å². The molecule has 1 heterocycles. The molecule has 1 N–H and O–H groups in total. The highest BCUT2D eigenvalue weighted by atomic mass is 35.5. The molecule has 4 nitrogen and oxygen atoms in total. The minimum absolute atomic E-state index is 0.0597. The summed E-state index contributed by atoms with van der Waals surface area (Å²) in [5.74, 6) is 0.0597. The van der Waals surface area contributed by atoms with Gasteiger partial charge in [-0.2, -0.15) is 5.26 Å². The summed E-state index contributed by atoms with van der Waals surface area (Å²) >= 11 is 5.99. The number of carbonyl (C=O) groups is 1. The Morgan fingerprint density at radius 3 is 2.94 bits per heavy atom. The standard InChI is InChI=1S/C13H14ClN3O/c1-16-12-3-2-6-17(13(12)18)10-5-4-9(8-15)11(14)7-10/h4-5,7,12,16H,2-3,6H2,1H3. The third kappa shape index (κ3) is 2.33. The molecule has 1 fully saturated rings. The Hall–Kier alpha value is -1.57. The van der Waals surface area contributed by atoms with E-state index in [4.69, 9.17) is 16.9 Å². The molecule has 1 atom stereocenters. The van der Waals surface area contributed by atoms with E-state index in [-0.39, 0.29) is 11.9 Å². The Labute approximate surface area is 111 Å². The van der Waals surface area contributed by atoms with E-state index in [1.165, 1.54) is 0 Å². The van der Waals surface area contributed by atoms with Crippen LogP contribution in [0.3, 0.4) is 0 Å². The summed E-state index contributed by atoms with van der Waals surface area (Å²) in [6.07, 6.45) is 1.81. The largest absolute Gasteiger partial charge is 0.311 e. The number of amides is 1. The average molecular weight is 264 g/mol. The van der Waals surface area contributed by atoms with Crippen LogP contribution < -0.4 is 10.2 Å². The van der Waals surface area contributed by atoms with Crippen molar-refractivity contribution in [3.8, 4) is 6.07 Å². The molecular formula is C13H14ClN3O. The number of anilines is 1. The predicted octanol–water partition coefficient (Wildman–Crippen LogP) is 1.93. The number of nitrogens with one attached hydrogen (secondary N) is 1. The number of nitrogens with zero attached hydrogens (tertiary/aromatic N) is 2. The van der Waals surface area contributed by atoms with Gasteiger partial charge in [0.05, 0.1) is 16.6 Å². The normalized spacial score (nSPS) is 19.7. The molecule has 0 aliphatic carbocycles. The van der Waals surface area contributed by atoms with Gasteiger partial charge in [-0.25, -0.2) is 0 Å². The number of piperidine rings is 1. The fraction of sp³-hybridized carbons (Fsp3) is 0.385. The molecule has 94 valence electrons. The zero-order valence-corrected chi connectivity index (χ0v) is 10.9. The summed E-state index contributed by atoms with van der Waals surface area (Å²) in [4.78, 5) is 13.9. The number of likely N-dealkylation sites (N-methyl/N-ethyl adjacent to an activating group) is 1. The van der Waals surface area contributed by atoms with Crippen LogP contribution in [0.5, 0.6) is 0 Å². The maximum Gasteiger partial charge on any atom is 0.244 e. The van der Waals surface area contributed by atoms with Gasteiger partial charge in [0.1, 0.15) is 6.07 Å². The van der Waals surface area contributed by atoms with Crippen molar-refractivity contribution in [1.29, 1.82) is 5.26 Å². The molecule has 5 heteroatoms.